The van der Waals surface area contributed by atoms with Gasteiger partial charge in [0, 0.05) is 23.6 Å². The molecule has 1 aromatic carbocycles. The van der Waals surface area contributed by atoms with E-state index in [4.69, 9.17) is 4.74 Å². The van der Waals surface area contributed by atoms with Crippen molar-refractivity contribution >= 4 is 21.7 Å². The second kappa shape index (κ2) is 5.83. The molecule has 20 heavy (non-hydrogen) atoms. The summed E-state index contributed by atoms with van der Waals surface area (Å²) in [5.74, 6) is 0.996. The molecule has 3 nitrogen and oxygen atoms in total. The van der Waals surface area contributed by atoms with Crippen LogP contribution in [0.25, 0.3) is 11.3 Å². The summed E-state index contributed by atoms with van der Waals surface area (Å²) in [4.78, 5) is 11.4. The molecule has 0 aliphatic heterocycles. The Balaban J connectivity index is 2.53. The Hall–Kier alpha value is -1.55. The number of hydrogen-bond acceptors (Lipinski definition) is 2. The lowest BCUT2D eigenvalue weighted by atomic mass is 10.1. The number of methoxy groups -OCH3 is 1. The molecule has 0 spiro atoms. The largest absolute Gasteiger partial charge is 0.497 e. The fraction of sp³-hybridized carbons (Fsp3) is 0.312. The van der Waals surface area contributed by atoms with Gasteiger partial charge in [-0.15, -0.1) is 0 Å². The summed E-state index contributed by atoms with van der Waals surface area (Å²) in [6.45, 7) is 3.68. The van der Waals surface area contributed by atoms with E-state index in [1.165, 1.54) is 0 Å². The molecule has 0 saturated heterocycles. The van der Waals surface area contributed by atoms with Gasteiger partial charge in [0.25, 0.3) is 0 Å². The molecular weight excluding hydrogens is 318 g/mol. The number of benzene rings is 1. The van der Waals surface area contributed by atoms with Crippen LogP contribution in [0.15, 0.2) is 28.7 Å². The van der Waals surface area contributed by atoms with E-state index in [0.29, 0.717) is 6.42 Å². The van der Waals surface area contributed by atoms with E-state index in [-0.39, 0.29) is 5.78 Å². The standard InChI is InChI=1S/C16H18BrNO2/c1-10(19)9-14-15(17)11(2)16(18(14)3)12-5-7-13(20-4)8-6-12/h5-8H,9H2,1-4H3. The smallest absolute Gasteiger partial charge is 0.135 e. The van der Waals surface area contributed by atoms with E-state index < -0.39 is 0 Å². The van der Waals surface area contributed by atoms with Crippen molar-refractivity contribution in [2.24, 2.45) is 7.05 Å². The van der Waals surface area contributed by atoms with Crippen molar-refractivity contribution in [3.63, 3.8) is 0 Å². The minimum absolute atomic E-state index is 0.160. The van der Waals surface area contributed by atoms with Crippen LogP contribution in [0.3, 0.4) is 0 Å². The lowest BCUT2D eigenvalue weighted by Gasteiger charge is -2.09. The molecule has 2 rings (SSSR count). The molecule has 106 valence electrons. The van der Waals surface area contributed by atoms with E-state index >= 15 is 0 Å². The summed E-state index contributed by atoms with van der Waals surface area (Å²) in [7, 11) is 3.65. The number of carbonyl (C=O) groups excluding carboxylic acids is 1. The first-order chi connectivity index (χ1) is 9.45. The van der Waals surface area contributed by atoms with Crippen LogP contribution in [0.5, 0.6) is 5.75 Å². The van der Waals surface area contributed by atoms with Crippen molar-refractivity contribution in [2.45, 2.75) is 20.3 Å². The van der Waals surface area contributed by atoms with E-state index in [0.717, 1.165) is 32.7 Å². The number of Topliss-reactive ketones (excluding diaryl/α,β-unsaturated/α-hetero) is 1. The average molecular weight is 336 g/mol. The predicted molar refractivity (Wildman–Crippen MR) is 84.2 cm³/mol. The number of halogens is 1. The first kappa shape index (κ1) is 14.9. The third kappa shape index (κ3) is 2.66. The summed E-state index contributed by atoms with van der Waals surface area (Å²) >= 11 is 3.61. The zero-order valence-corrected chi connectivity index (χ0v) is 13.7. The fourth-order valence-corrected chi connectivity index (χ4v) is 3.04. The van der Waals surface area contributed by atoms with Crippen LogP contribution in [-0.4, -0.2) is 17.5 Å². The molecule has 4 heteroatoms. The van der Waals surface area contributed by atoms with Gasteiger partial charge in [0.2, 0.25) is 0 Å². The molecule has 2 aromatic rings. The van der Waals surface area contributed by atoms with Crippen molar-refractivity contribution in [1.82, 2.24) is 4.57 Å². The highest BCUT2D eigenvalue weighted by molar-refractivity contribution is 9.10. The second-order valence-electron chi connectivity index (χ2n) is 4.90. The van der Waals surface area contributed by atoms with Gasteiger partial charge in [0.05, 0.1) is 12.8 Å². The van der Waals surface area contributed by atoms with Gasteiger partial charge in [-0.3, -0.25) is 4.79 Å². The van der Waals surface area contributed by atoms with Crippen LogP contribution >= 0.6 is 15.9 Å². The van der Waals surface area contributed by atoms with E-state index in [2.05, 4.69) is 27.4 Å². The normalized spacial score (nSPS) is 10.7. The molecule has 0 radical (unpaired) electrons. The van der Waals surface area contributed by atoms with Crippen LogP contribution in [-0.2, 0) is 18.3 Å². The molecule has 0 unspecified atom stereocenters. The lowest BCUT2D eigenvalue weighted by molar-refractivity contribution is -0.116. The lowest BCUT2D eigenvalue weighted by Crippen LogP contribution is -2.04. The van der Waals surface area contributed by atoms with Crippen LogP contribution in [0.2, 0.25) is 0 Å². The monoisotopic (exact) mass is 335 g/mol. The maximum Gasteiger partial charge on any atom is 0.135 e. The molecule has 0 saturated carbocycles. The Morgan fingerprint density at radius 1 is 1.30 bits per heavy atom. The number of ketones is 1. The molecule has 0 atom stereocenters. The SMILES string of the molecule is COc1ccc(-c2c(C)c(Br)c(CC(C)=O)n2C)cc1. The van der Waals surface area contributed by atoms with Gasteiger partial charge in [-0.25, -0.2) is 0 Å². The van der Waals surface area contributed by atoms with E-state index in [1.807, 2.05) is 31.3 Å². The van der Waals surface area contributed by atoms with Crippen LogP contribution in [0.4, 0.5) is 0 Å². The van der Waals surface area contributed by atoms with Gasteiger partial charge in [-0.05, 0) is 65.2 Å². The van der Waals surface area contributed by atoms with Gasteiger partial charge in [-0.2, -0.15) is 0 Å². The third-order valence-corrected chi connectivity index (χ3v) is 4.51. The Kier molecular flexibility index (Phi) is 4.33. The summed E-state index contributed by atoms with van der Waals surface area (Å²) in [6.07, 6.45) is 0.439. The summed E-state index contributed by atoms with van der Waals surface area (Å²) in [5.41, 5.74) is 4.40. The number of ether oxygens (including phenoxy) is 1. The zero-order chi connectivity index (χ0) is 14.9. The second-order valence-corrected chi connectivity index (χ2v) is 5.69. The van der Waals surface area contributed by atoms with E-state index in [1.54, 1.807) is 14.0 Å². The Labute approximate surface area is 127 Å². The highest BCUT2D eigenvalue weighted by Gasteiger charge is 2.18. The first-order valence-electron chi connectivity index (χ1n) is 6.43. The average Bonchev–Trinajstić information content (AvgIpc) is 2.63. The topological polar surface area (TPSA) is 31.2 Å². The summed E-state index contributed by atoms with van der Waals surface area (Å²) in [5, 5.41) is 0. The number of carbonyl (C=O) groups is 1. The van der Waals surface area contributed by atoms with Crippen molar-refractivity contribution in [1.29, 1.82) is 0 Å². The van der Waals surface area contributed by atoms with Crippen molar-refractivity contribution in [3.05, 3.63) is 40.0 Å². The van der Waals surface area contributed by atoms with Crippen LogP contribution in [0.1, 0.15) is 18.2 Å². The zero-order valence-electron chi connectivity index (χ0n) is 12.2. The molecular formula is C16H18BrNO2. The Bertz CT molecular complexity index is 641. The van der Waals surface area contributed by atoms with Crippen molar-refractivity contribution in [3.8, 4) is 17.0 Å². The minimum atomic E-state index is 0.160. The van der Waals surface area contributed by atoms with Gasteiger partial charge in [0.1, 0.15) is 11.5 Å². The van der Waals surface area contributed by atoms with E-state index in [9.17, 15) is 4.79 Å². The number of aromatic nitrogens is 1. The predicted octanol–water partition coefficient (Wildman–Crippen LogP) is 3.90. The summed E-state index contributed by atoms with van der Waals surface area (Å²) < 4.78 is 8.29. The summed E-state index contributed by atoms with van der Waals surface area (Å²) in [6, 6.07) is 7.96. The molecule has 1 aromatic heterocycles. The minimum Gasteiger partial charge on any atom is -0.497 e. The number of nitrogens with zero attached hydrogens (tertiary/aromatic N) is 1. The van der Waals surface area contributed by atoms with Crippen molar-refractivity contribution < 1.29 is 9.53 Å². The number of rotatable bonds is 4. The van der Waals surface area contributed by atoms with Gasteiger partial charge >= 0.3 is 0 Å². The highest BCUT2D eigenvalue weighted by atomic mass is 79.9. The maximum absolute atomic E-state index is 11.4. The molecule has 0 amide bonds. The van der Waals surface area contributed by atoms with Crippen molar-refractivity contribution in [2.75, 3.05) is 7.11 Å². The molecule has 0 N–H and O–H groups in total. The Morgan fingerprint density at radius 2 is 1.90 bits per heavy atom. The quantitative estimate of drug-likeness (QED) is 0.848. The van der Waals surface area contributed by atoms with Crippen LogP contribution < -0.4 is 4.74 Å². The highest BCUT2D eigenvalue weighted by Crippen LogP contribution is 2.35. The molecule has 0 bridgehead atoms. The third-order valence-electron chi connectivity index (χ3n) is 3.46. The molecule has 0 aliphatic carbocycles. The van der Waals surface area contributed by atoms with Gasteiger partial charge < -0.3 is 9.30 Å². The Morgan fingerprint density at radius 3 is 2.40 bits per heavy atom. The fourth-order valence-electron chi connectivity index (χ4n) is 2.45. The first-order valence-corrected chi connectivity index (χ1v) is 7.22. The van der Waals surface area contributed by atoms with Crippen LogP contribution in [0, 0.1) is 6.92 Å². The molecule has 0 fully saturated rings. The molecule has 1 heterocycles. The van der Waals surface area contributed by atoms with Gasteiger partial charge in [-0.1, -0.05) is 0 Å². The maximum atomic E-state index is 11.4. The number of hydrogen-bond donors (Lipinski definition) is 0. The molecule has 0 aliphatic rings. The van der Waals surface area contributed by atoms with Gasteiger partial charge in [0.15, 0.2) is 0 Å².